The highest BCUT2D eigenvalue weighted by Crippen LogP contribution is 2.22. The fraction of sp³-hybridized carbons (Fsp3) is 0.200. The Morgan fingerprint density at radius 3 is 3.00 bits per heavy atom. The number of nitrogens with two attached hydrogens (primary N) is 1. The van der Waals surface area contributed by atoms with Crippen molar-refractivity contribution in [1.29, 1.82) is 0 Å². The van der Waals surface area contributed by atoms with Crippen LogP contribution in [-0.4, -0.2) is 9.97 Å². The molecule has 0 aliphatic carbocycles. The second kappa shape index (κ2) is 4.35. The van der Waals surface area contributed by atoms with Crippen molar-refractivity contribution in [3.05, 3.63) is 36.0 Å². The van der Waals surface area contributed by atoms with Crippen LogP contribution >= 0.6 is 11.8 Å². The zero-order valence-corrected chi connectivity index (χ0v) is 9.12. The molecule has 2 aromatic heterocycles. The third-order valence-electron chi connectivity index (χ3n) is 1.95. The monoisotopic (exact) mass is 221 g/mol. The first kappa shape index (κ1) is 10.0. The van der Waals surface area contributed by atoms with Crippen molar-refractivity contribution in [3.8, 4) is 0 Å². The maximum Gasteiger partial charge on any atom is 0.143 e. The number of rotatable bonds is 3. The highest BCUT2D eigenvalue weighted by Gasteiger charge is 2.04. The molecule has 0 aliphatic heterocycles. The van der Waals surface area contributed by atoms with Crippen molar-refractivity contribution in [1.82, 2.24) is 9.97 Å². The van der Waals surface area contributed by atoms with Gasteiger partial charge < -0.3 is 10.2 Å². The van der Waals surface area contributed by atoms with E-state index in [1.165, 1.54) is 6.20 Å². The van der Waals surface area contributed by atoms with Crippen LogP contribution in [0, 0.1) is 6.92 Å². The topological polar surface area (TPSA) is 64.9 Å². The van der Waals surface area contributed by atoms with E-state index in [1.54, 1.807) is 24.2 Å². The highest BCUT2D eigenvalue weighted by molar-refractivity contribution is 7.98. The molecule has 0 spiro atoms. The average Bonchev–Trinajstić information content (AvgIpc) is 2.61. The Hall–Kier alpha value is -1.49. The summed E-state index contributed by atoms with van der Waals surface area (Å²) in [5, 5.41) is 0.811. The number of hydrogen-bond donors (Lipinski definition) is 1. The molecule has 0 radical (unpaired) electrons. The van der Waals surface area contributed by atoms with E-state index in [0.717, 1.165) is 22.1 Å². The number of nitrogens with zero attached hydrogens (tertiary/aromatic N) is 2. The van der Waals surface area contributed by atoms with E-state index in [4.69, 9.17) is 10.2 Å². The van der Waals surface area contributed by atoms with Gasteiger partial charge in [0, 0.05) is 0 Å². The summed E-state index contributed by atoms with van der Waals surface area (Å²) in [5.74, 6) is 2.15. The average molecular weight is 221 g/mol. The van der Waals surface area contributed by atoms with Crippen molar-refractivity contribution < 1.29 is 4.42 Å². The molecule has 0 saturated carbocycles. The normalized spacial score (nSPS) is 10.5. The molecule has 15 heavy (non-hydrogen) atoms. The Balaban J connectivity index is 2.02. The van der Waals surface area contributed by atoms with Gasteiger partial charge in [0.15, 0.2) is 0 Å². The van der Waals surface area contributed by atoms with Crippen molar-refractivity contribution in [2.24, 2.45) is 0 Å². The molecule has 2 rings (SSSR count). The fourth-order valence-electron chi connectivity index (χ4n) is 1.12. The summed E-state index contributed by atoms with van der Waals surface area (Å²) >= 11 is 1.56. The summed E-state index contributed by atoms with van der Waals surface area (Å²) in [7, 11) is 0. The lowest BCUT2D eigenvalue weighted by atomic mass is 10.3. The van der Waals surface area contributed by atoms with Crippen LogP contribution in [0.15, 0.2) is 34.2 Å². The quantitative estimate of drug-likeness (QED) is 0.805. The molecule has 5 heteroatoms. The van der Waals surface area contributed by atoms with Gasteiger partial charge in [-0.2, -0.15) is 0 Å². The zero-order valence-electron chi connectivity index (χ0n) is 8.30. The van der Waals surface area contributed by atoms with Gasteiger partial charge in [-0.1, -0.05) is 11.8 Å². The summed E-state index contributed by atoms with van der Waals surface area (Å²) in [5.41, 5.74) is 6.68. The van der Waals surface area contributed by atoms with Crippen molar-refractivity contribution in [2.75, 3.05) is 5.73 Å². The Kier molecular flexibility index (Phi) is 2.91. The highest BCUT2D eigenvalue weighted by atomic mass is 32.2. The van der Waals surface area contributed by atoms with Gasteiger partial charge in [-0.25, -0.2) is 4.98 Å². The standard InChI is InChI=1S/C10H11N3OS/c1-7-2-3-14-8(7)6-15-10-5-12-4-9(11)13-10/h2-5H,6H2,1H3,(H2,11,13). The molecular formula is C10H11N3OS. The number of thioether (sulfide) groups is 1. The predicted octanol–water partition coefficient (Wildman–Crippen LogP) is 2.25. The Morgan fingerprint density at radius 2 is 2.33 bits per heavy atom. The lowest BCUT2D eigenvalue weighted by molar-refractivity contribution is 0.528. The van der Waals surface area contributed by atoms with E-state index in [2.05, 4.69) is 9.97 Å². The number of aromatic nitrogens is 2. The van der Waals surface area contributed by atoms with E-state index in [0.29, 0.717) is 5.82 Å². The van der Waals surface area contributed by atoms with Gasteiger partial charge in [0.05, 0.1) is 24.4 Å². The molecule has 0 aliphatic rings. The maximum atomic E-state index is 5.53. The van der Waals surface area contributed by atoms with Crippen LogP contribution in [0.3, 0.4) is 0 Å². The summed E-state index contributed by atoms with van der Waals surface area (Å²) < 4.78 is 5.32. The lowest BCUT2D eigenvalue weighted by Crippen LogP contribution is -1.92. The zero-order chi connectivity index (χ0) is 10.7. The number of furan rings is 1. The number of nitrogen functional groups attached to an aromatic ring is 1. The largest absolute Gasteiger partial charge is 0.468 e. The third kappa shape index (κ3) is 2.50. The van der Waals surface area contributed by atoms with Gasteiger partial charge in [0.1, 0.15) is 16.6 Å². The predicted molar refractivity (Wildman–Crippen MR) is 59.5 cm³/mol. The summed E-state index contributed by atoms with van der Waals surface area (Å²) in [4.78, 5) is 8.11. The van der Waals surface area contributed by atoms with E-state index in [1.807, 2.05) is 13.0 Å². The molecule has 2 aromatic rings. The van der Waals surface area contributed by atoms with Crippen LogP contribution in [0.5, 0.6) is 0 Å². The molecule has 0 unspecified atom stereocenters. The minimum absolute atomic E-state index is 0.441. The van der Waals surface area contributed by atoms with Crippen LogP contribution in [0.4, 0.5) is 5.82 Å². The Morgan fingerprint density at radius 1 is 1.47 bits per heavy atom. The smallest absolute Gasteiger partial charge is 0.143 e. The van der Waals surface area contributed by atoms with Crippen molar-refractivity contribution in [3.63, 3.8) is 0 Å². The van der Waals surface area contributed by atoms with Crippen LogP contribution in [0.2, 0.25) is 0 Å². The molecule has 0 saturated heterocycles. The number of aryl methyl sites for hydroxylation is 1. The van der Waals surface area contributed by atoms with Crippen LogP contribution in [0.1, 0.15) is 11.3 Å². The second-order valence-corrected chi connectivity index (χ2v) is 4.09. The van der Waals surface area contributed by atoms with Gasteiger partial charge in [-0.05, 0) is 18.6 Å². The molecule has 2 N–H and O–H groups in total. The summed E-state index contributed by atoms with van der Waals surface area (Å²) in [6.07, 6.45) is 4.91. The maximum absolute atomic E-state index is 5.53. The molecule has 78 valence electrons. The molecule has 0 bridgehead atoms. The number of anilines is 1. The Labute approximate surface area is 91.9 Å². The molecule has 0 atom stereocenters. The van der Waals surface area contributed by atoms with Gasteiger partial charge in [-0.3, -0.25) is 4.98 Å². The van der Waals surface area contributed by atoms with Gasteiger partial charge >= 0.3 is 0 Å². The Bertz CT molecular complexity index is 455. The SMILES string of the molecule is Cc1ccoc1CSc1cncc(N)n1. The minimum atomic E-state index is 0.441. The van der Waals surface area contributed by atoms with Crippen LogP contribution < -0.4 is 5.73 Å². The molecule has 0 amide bonds. The number of hydrogen-bond acceptors (Lipinski definition) is 5. The van der Waals surface area contributed by atoms with Crippen LogP contribution in [-0.2, 0) is 5.75 Å². The molecule has 0 fully saturated rings. The molecule has 4 nitrogen and oxygen atoms in total. The van der Waals surface area contributed by atoms with E-state index in [-0.39, 0.29) is 0 Å². The first-order valence-electron chi connectivity index (χ1n) is 4.49. The van der Waals surface area contributed by atoms with Gasteiger partial charge in [0.2, 0.25) is 0 Å². The first-order valence-corrected chi connectivity index (χ1v) is 5.47. The molecule has 2 heterocycles. The van der Waals surface area contributed by atoms with Crippen LogP contribution in [0.25, 0.3) is 0 Å². The van der Waals surface area contributed by atoms with Crippen molar-refractivity contribution >= 4 is 17.6 Å². The van der Waals surface area contributed by atoms with Gasteiger partial charge in [0.25, 0.3) is 0 Å². The molecule has 0 aromatic carbocycles. The lowest BCUT2D eigenvalue weighted by Gasteiger charge is -1.99. The summed E-state index contributed by atoms with van der Waals surface area (Å²) in [6, 6.07) is 1.95. The second-order valence-electron chi connectivity index (χ2n) is 3.10. The van der Waals surface area contributed by atoms with E-state index in [9.17, 15) is 0 Å². The minimum Gasteiger partial charge on any atom is -0.468 e. The molecular weight excluding hydrogens is 210 g/mol. The summed E-state index contributed by atoms with van der Waals surface area (Å²) in [6.45, 7) is 2.02. The van der Waals surface area contributed by atoms with E-state index >= 15 is 0 Å². The third-order valence-corrected chi connectivity index (χ3v) is 2.85. The fourth-order valence-corrected chi connectivity index (χ4v) is 2.00. The van der Waals surface area contributed by atoms with E-state index < -0.39 is 0 Å². The van der Waals surface area contributed by atoms with Crippen molar-refractivity contribution in [2.45, 2.75) is 17.7 Å². The first-order chi connectivity index (χ1) is 7.25. The van der Waals surface area contributed by atoms with Gasteiger partial charge in [-0.15, -0.1) is 0 Å².